The Morgan fingerprint density at radius 1 is 0.949 bits per heavy atom. The average molecular weight is 544 g/mol. The van der Waals surface area contributed by atoms with Gasteiger partial charge in [0, 0.05) is 19.5 Å². The Balaban J connectivity index is 1.55. The van der Waals surface area contributed by atoms with Crippen LogP contribution in [0.15, 0.2) is 11.6 Å². The third kappa shape index (κ3) is 4.14. The molecule has 0 bridgehead atoms. The van der Waals surface area contributed by atoms with Gasteiger partial charge in [0.15, 0.2) is 0 Å². The van der Waals surface area contributed by atoms with Crippen LogP contribution in [0.3, 0.4) is 0 Å². The molecule has 4 fully saturated rings. The number of hydrogen-bond acceptors (Lipinski definition) is 7. The first-order valence-corrected chi connectivity index (χ1v) is 14.9. The number of methoxy groups -OCH3 is 1. The van der Waals surface area contributed by atoms with Gasteiger partial charge in [-0.2, -0.15) is 0 Å². The molecule has 0 aromatic rings. The van der Waals surface area contributed by atoms with Crippen molar-refractivity contribution in [3.05, 3.63) is 11.6 Å². The van der Waals surface area contributed by atoms with Gasteiger partial charge in [0.05, 0.1) is 38.1 Å². The second kappa shape index (κ2) is 10.2. The van der Waals surface area contributed by atoms with Crippen LogP contribution in [0.1, 0.15) is 72.6 Å². The molecule has 5 aliphatic rings. The minimum atomic E-state index is -0.962. The number of esters is 3. The summed E-state index contributed by atoms with van der Waals surface area (Å²) in [5.74, 6) is -2.71. The predicted molar refractivity (Wildman–Crippen MR) is 143 cm³/mol. The molecular formula is C31H45NO7. The van der Waals surface area contributed by atoms with Gasteiger partial charge in [-0.25, -0.2) is 0 Å². The average Bonchev–Trinajstić information content (AvgIpc) is 3.22. The van der Waals surface area contributed by atoms with Gasteiger partial charge in [0.2, 0.25) is 5.91 Å². The molecule has 3 saturated carbocycles. The molecule has 0 N–H and O–H groups in total. The molecule has 1 amide bonds. The number of amides is 1. The van der Waals surface area contributed by atoms with Gasteiger partial charge >= 0.3 is 17.9 Å². The largest absolute Gasteiger partial charge is 0.469 e. The minimum Gasteiger partial charge on any atom is -0.469 e. The number of hydrogen-bond donors (Lipinski definition) is 0. The normalized spacial score (nSPS) is 42.8. The fourth-order valence-corrected chi connectivity index (χ4v) is 9.94. The molecule has 5 rings (SSSR count). The van der Waals surface area contributed by atoms with E-state index in [2.05, 4.69) is 13.8 Å². The van der Waals surface area contributed by atoms with E-state index in [-0.39, 0.29) is 41.9 Å². The van der Waals surface area contributed by atoms with Crippen molar-refractivity contribution in [2.75, 3.05) is 27.4 Å². The van der Waals surface area contributed by atoms with Gasteiger partial charge in [0.1, 0.15) is 0 Å². The third-order valence-corrected chi connectivity index (χ3v) is 11.7. The van der Waals surface area contributed by atoms with Crippen molar-refractivity contribution in [2.45, 2.75) is 78.7 Å². The monoisotopic (exact) mass is 543 g/mol. The first kappa shape index (κ1) is 28.2. The highest BCUT2D eigenvalue weighted by molar-refractivity contribution is 5.89. The first-order valence-electron chi connectivity index (χ1n) is 14.9. The summed E-state index contributed by atoms with van der Waals surface area (Å²) < 4.78 is 16.1. The quantitative estimate of drug-likeness (QED) is 0.292. The summed E-state index contributed by atoms with van der Waals surface area (Å²) in [6.45, 7) is 8.57. The number of ether oxygens (including phenoxy) is 3. The van der Waals surface area contributed by atoms with Crippen molar-refractivity contribution in [1.29, 1.82) is 0 Å². The maximum atomic E-state index is 13.6. The van der Waals surface area contributed by atoms with Crippen LogP contribution >= 0.6 is 0 Å². The molecule has 8 heteroatoms. The molecule has 39 heavy (non-hydrogen) atoms. The zero-order valence-corrected chi connectivity index (χ0v) is 24.4. The van der Waals surface area contributed by atoms with Gasteiger partial charge < -0.3 is 19.1 Å². The number of nitrogens with zero attached hydrogens (tertiary/aromatic N) is 1. The summed E-state index contributed by atoms with van der Waals surface area (Å²) in [5, 5.41) is 0. The smallest absolute Gasteiger partial charge is 0.313 e. The number of rotatable bonds is 5. The van der Waals surface area contributed by atoms with Crippen LogP contribution in [0, 0.1) is 52.3 Å². The standard InChI is InChI=1S/C31H45NO7/c1-7-38-28(35)25-18-15-21-17-9-10-23-31(4,14-12-24(33)32(23)5)20(17)11-13-30(21,3)22(18)16-19(27(34)37-6)26(25)29(36)39-8-2/h16-21,23,25-26H,7-15H2,1-6H3/t17?,18-,19+,20?,21+,23?,25+,26+,30+,31-/m1/s1. The Kier molecular flexibility index (Phi) is 7.38. The molecule has 1 saturated heterocycles. The Hall–Kier alpha value is -2.38. The molecule has 3 unspecified atom stereocenters. The summed E-state index contributed by atoms with van der Waals surface area (Å²) in [6.07, 6.45) is 8.37. The van der Waals surface area contributed by atoms with Gasteiger partial charge in [-0.1, -0.05) is 25.5 Å². The van der Waals surface area contributed by atoms with E-state index in [0.29, 0.717) is 24.2 Å². The molecule has 0 aromatic heterocycles. The van der Waals surface area contributed by atoms with E-state index in [4.69, 9.17) is 14.2 Å². The maximum absolute atomic E-state index is 13.6. The van der Waals surface area contributed by atoms with Crippen molar-refractivity contribution in [3.63, 3.8) is 0 Å². The lowest BCUT2D eigenvalue weighted by atomic mass is 9.47. The molecule has 1 heterocycles. The summed E-state index contributed by atoms with van der Waals surface area (Å²) in [6, 6.07) is 0.274. The summed E-state index contributed by atoms with van der Waals surface area (Å²) in [5.41, 5.74) is 1.04. The molecule has 0 aromatic carbocycles. The third-order valence-electron chi connectivity index (χ3n) is 11.7. The minimum absolute atomic E-state index is 0.0810. The van der Waals surface area contributed by atoms with Crippen LogP contribution < -0.4 is 0 Å². The Bertz CT molecular complexity index is 1070. The van der Waals surface area contributed by atoms with Crippen LogP contribution in [-0.2, 0) is 33.4 Å². The summed E-state index contributed by atoms with van der Waals surface area (Å²) in [4.78, 5) is 54.5. The first-order chi connectivity index (χ1) is 18.5. The van der Waals surface area contributed by atoms with Crippen LogP contribution in [0.4, 0.5) is 0 Å². The molecule has 8 nitrogen and oxygen atoms in total. The molecule has 1 aliphatic heterocycles. The van der Waals surface area contributed by atoms with E-state index in [1.54, 1.807) is 13.8 Å². The molecule has 0 radical (unpaired) electrons. The topological polar surface area (TPSA) is 99.2 Å². The predicted octanol–water partition coefficient (Wildman–Crippen LogP) is 4.16. The number of fused-ring (bicyclic) bond motifs is 7. The highest BCUT2D eigenvalue weighted by Crippen LogP contribution is 2.69. The lowest BCUT2D eigenvalue weighted by Crippen LogP contribution is -2.61. The van der Waals surface area contributed by atoms with Gasteiger partial charge in [-0.15, -0.1) is 0 Å². The van der Waals surface area contributed by atoms with E-state index in [0.717, 1.165) is 44.1 Å². The number of likely N-dealkylation sites (tertiary alicyclic amines) is 1. The van der Waals surface area contributed by atoms with E-state index < -0.39 is 35.7 Å². The zero-order chi connectivity index (χ0) is 28.3. The summed E-state index contributed by atoms with van der Waals surface area (Å²) in [7, 11) is 3.29. The molecule has 10 atom stereocenters. The van der Waals surface area contributed by atoms with Crippen LogP contribution in [-0.4, -0.2) is 62.1 Å². The Labute approximate surface area is 232 Å². The molecular weight excluding hydrogens is 498 g/mol. The van der Waals surface area contributed by atoms with Gasteiger partial charge in [-0.3, -0.25) is 19.2 Å². The van der Waals surface area contributed by atoms with Crippen LogP contribution in [0.25, 0.3) is 0 Å². The van der Waals surface area contributed by atoms with E-state index in [9.17, 15) is 19.2 Å². The number of carbonyl (C=O) groups is 4. The fourth-order valence-electron chi connectivity index (χ4n) is 9.94. The number of allylic oxidation sites excluding steroid dienone is 1. The summed E-state index contributed by atoms with van der Waals surface area (Å²) >= 11 is 0. The van der Waals surface area contributed by atoms with Crippen LogP contribution in [0.5, 0.6) is 0 Å². The number of carbonyl (C=O) groups excluding carboxylic acids is 4. The van der Waals surface area contributed by atoms with E-state index >= 15 is 0 Å². The van der Waals surface area contributed by atoms with E-state index in [1.165, 1.54) is 7.11 Å². The molecule has 0 spiro atoms. The van der Waals surface area contributed by atoms with Crippen molar-refractivity contribution < 1.29 is 33.4 Å². The van der Waals surface area contributed by atoms with Crippen molar-refractivity contribution >= 4 is 23.8 Å². The van der Waals surface area contributed by atoms with Crippen molar-refractivity contribution in [1.82, 2.24) is 4.90 Å². The van der Waals surface area contributed by atoms with Gasteiger partial charge in [0.25, 0.3) is 0 Å². The van der Waals surface area contributed by atoms with E-state index in [1.807, 2.05) is 18.0 Å². The fraction of sp³-hybridized carbons (Fsp3) is 0.806. The molecule has 216 valence electrons. The highest BCUT2D eigenvalue weighted by Gasteiger charge is 2.65. The van der Waals surface area contributed by atoms with Crippen LogP contribution in [0.2, 0.25) is 0 Å². The zero-order valence-electron chi connectivity index (χ0n) is 24.4. The SMILES string of the molecule is CCOC(=O)[C@@H]1[C@@H](C(=O)OCC)[C@@H]2C[C@H]3C4CCC5N(C)C(=O)CC[C@]5(C)C4CC[C@]3(C)C2=C[C@@H]1C(=O)OC. The number of piperidine rings is 1. The second-order valence-electron chi connectivity index (χ2n) is 13.0. The maximum Gasteiger partial charge on any atom is 0.313 e. The Morgan fingerprint density at radius 2 is 1.62 bits per heavy atom. The lowest BCUT2D eigenvalue weighted by molar-refractivity contribution is -0.169. The highest BCUT2D eigenvalue weighted by atomic mass is 16.5. The van der Waals surface area contributed by atoms with Gasteiger partial charge in [-0.05, 0) is 86.9 Å². The van der Waals surface area contributed by atoms with Crippen molar-refractivity contribution in [3.8, 4) is 0 Å². The lowest BCUT2D eigenvalue weighted by Gasteiger charge is -2.61. The van der Waals surface area contributed by atoms with Crippen molar-refractivity contribution in [2.24, 2.45) is 52.3 Å². The molecule has 4 aliphatic carbocycles. The Morgan fingerprint density at radius 3 is 2.26 bits per heavy atom. The second-order valence-corrected chi connectivity index (χ2v) is 13.0.